The van der Waals surface area contributed by atoms with Crippen molar-refractivity contribution in [2.75, 3.05) is 23.7 Å². The summed E-state index contributed by atoms with van der Waals surface area (Å²) < 4.78 is 1.54. The Morgan fingerprint density at radius 2 is 1.73 bits per heavy atom. The van der Waals surface area contributed by atoms with Gasteiger partial charge in [0.15, 0.2) is 11.4 Å². The summed E-state index contributed by atoms with van der Waals surface area (Å²) in [7, 11) is 0. The van der Waals surface area contributed by atoms with E-state index in [0.29, 0.717) is 36.5 Å². The van der Waals surface area contributed by atoms with Crippen molar-refractivity contribution in [3.8, 4) is 22.4 Å². The lowest BCUT2D eigenvalue weighted by Crippen LogP contribution is -2.56. The average molecular weight is 496 g/mol. The van der Waals surface area contributed by atoms with E-state index in [9.17, 15) is 9.59 Å². The number of carbonyl (C=O) groups excluding carboxylic acids is 2. The highest BCUT2D eigenvalue weighted by molar-refractivity contribution is 6.04. The molecule has 2 aliphatic heterocycles. The van der Waals surface area contributed by atoms with Crippen LogP contribution in [0.5, 0.6) is 0 Å². The summed E-state index contributed by atoms with van der Waals surface area (Å²) in [5.41, 5.74) is 11.1. The van der Waals surface area contributed by atoms with Crippen molar-refractivity contribution in [2.24, 2.45) is 0 Å². The van der Waals surface area contributed by atoms with Crippen molar-refractivity contribution in [3.63, 3.8) is 0 Å². The number of likely N-dealkylation sites (tertiary alicyclic amines) is 1. The second-order valence-corrected chi connectivity index (χ2v) is 9.79. The van der Waals surface area contributed by atoms with E-state index in [2.05, 4.69) is 15.0 Å². The van der Waals surface area contributed by atoms with Crippen LogP contribution >= 0.6 is 0 Å². The van der Waals surface area contributed by atoms with Crippen molar-refractivity contribution < 1.29 is 9.59 Å². The molecule has 2 saturated heterocycles. The number of hydrogen-bond acceptors (Lipinski definition) is 7. The van der Waals surface area contributed by atoms with Crippen LogP contribution in [0, 0.1) is 0 Å². The Labute approximate surface area is 214 Å². The molecular weight excluding hydrogens is 466 g/mol. The Hall–Kier alpha value is -4.27. The van der Waals surface area contributed by atoms with E-state index in [1.807, 2.05) is 60.5 Å². The number of benzene rings is 1. The fourth-order valence-electron chi connectivity index (χ4n) is 5.74. The van der Waals surface area contributed by atoms with Crippen molar-refractivity contribution in [2.45, 2.75) is 45.2 Å². The summed E-state index contributed by atoms with van der Waals surface area (Å²) in [5.74, 6) is 0.873. The molecule has 2 bridgehead atoms. The Kier molecular flexibility index (Phi) is 5.62. The number of pyridine rings is 1. The number of aromatic nitrogens is 4. The van der Waals surface area contributed by atoms with Gasteiger partial charge in [-0.05, 0) is 25.8 Å². The number of ketones is 1. The molecule has 9 nitrogen and oxygen atoms in total. The molecule has 0 saturated carbocycles. The number of fused-ring (bicyclic) bond motifs is 3. The SMILES string of the molecule is CCC(=O)N1CC2CCC(C1)N2c1nc2c(-c3ccc(-c4ccccc4)nc3)cnn2c(N)c1C(C)=O. The van der Waals surface area contributed by atoms with Gasteiger partial charge in [0.25, 0.3) is 0 Å². The van der Waals surface area contributed by atoms with Gasteiger partial charge in [-0.3, -0.25) is 14.6 Å². The number of anilines is 2. The molecule has 0 spiro atoms. The quantitative estimate of drug-likeness (QED) is 0.419. The lowest BCUT2D eigenvalue weighted by molar-refractivity contribution is -0.131. The molecule has 6 rings (SSSR count). The molecule has 1 amide bonds. The van der Waals surface area contributed by atoms with E-state index in [1.54, 1.807) is 10.7 Å². The van der Waals surface area contributed by atoms with E-state index < -0.39 is 0 Å². The Morgan fingerprint density at radius 1 is 1.00 bits per heavy atom. The first-order valence-corrected chi connectivity index (χ1v) is 12.7. The second-order valence-electron chi connectivity index (χ2n) is 9.79. The first kappa shape index (κ1) is 23.1. The van der Waals surface area contributed by atoms with Gasteiger partial charge in [-0.25, -0.2) is 4.98 Å². The Morgan fingerprint density at radius 3 is 2.35 bits per heavy atom. The molecule has 3 aromatic heterocycles. The fraction of sp³-hybridized carbons (Fsp3) is 0.321. The summed E-state index contributed by atoms with van der Waals surface area (Å²) in [4.78, 5) is 39.1. The van der Waals surface area contributed by atoms with E-state index in [0.717, 1.165) is 35.2 Å². The number of Topliss-reactive ketones (excluding diaryl/α,β-unsaturated/α-hetero) is 1. The minimum atomic E-state index is -0.153. The fourth-order valence-corrected chi connectivity index (χ4v) is 5.74. The van der Waals surface area contributed by atoms with E-state index >= 15 is 0 Å². The zero-order valence-electron chi connectivity index (χ0n) is 21.0. The largest absolute Gasteiger partial charge is 0.383 e. The molecule has 5 heterocycles. The maximum atomic E-state index is 12.8. The molecule has 188 valence electrons. The van der Waals surface area contributed by atoms with Gasteiger partial charge >= 0.3 is 0 Å². The van der Waals surface area contributed by atoms with Gasteiger partial charge in [0.2, 0.25) is 5.91 Å². The van der Waals surface area contributed by atoms with Crippen LogP contribution in [0.3, 0.4) is 0 Å². The van der Waals surface area contributed by atoms with Crippen LogP contribution in [0.15, 0.2) is 54.9 Å². The van der Waals surface area contributed by atoms with E-state index in [1.165, 1.54) is 6.92 Å². The Bertz CT molecular complexity index is 1480. The molecule has 2 unspecified atom stereocenters. The predicted octanol–water partition coefficient (Wildman–Crippen LogP) is 3.83. The van der Waals surface area contributed by atoms with Crippen molar-refractivity contribution in [1.29, 1.82) is 0 Å². The highest BCUT2D eigenvalue weighted by Gasteiger charge is 2.43. The van der Waals surface area contributed by atoms with Crippen LogP contribution in [0.25, 0.3) is 28.0 Å². The van der Waals surface area contributed by atoms with Gasteiger partial charge in [0.1, 0.15) is 17.2 Å². The summed E-state index contributed by atoms with van der Waals surface area (Å²) in [6.07, 6.45) is 5.91. The summed E-state index contributed by atoms with van der Waals surface area (Å²) in [6.45, 7) is 4.66. The minimum Gasteiger partial charge on any atom is -0.383 e. The predicted molar refractivity (Wildman–Crippen MR) is 142 cm³/mol. The van der Waals surface area contributed by atoms with Crippen molar-refractivity contribution in [3.05, 3.63) is 60.4 Å². The smallest absolute Gasteiger partial charge is 0.222 e. The molecule has 0 aliphatic carbocycles. The summed E-state index contributed by atoms with van der Waals surface area (Å²) >= 11 is 0. The topological polar surface area (TPSA) is 110 Å². The third kappa shape index (κ3) is 3.82. The highest BCUT2D eigenvalue weighted by atomic mass is 16.2. The maximum Gasteiger partial charge on any atom is 0.222 e. The van der Waals surface area contributed by atoms with Crippen LogP contribution in [-0.4, -0.2) is 61.3 Å². The van der Waals surface area contributed by atoms with Crippen LogP contribution in [0.4, 0.5) is 11.6 Å². The minimum absolute atomic E-state index is 0.0971. The van der Waals surface area contributed by atoms with Crippen molar-refractivity contribution >= 4 is 29.0 Å². The molecule has 37 heavy (non-hydrogen) atoms. The lowest BCUT2D eigenvalue weighted by atomic mass is 10.1. The zero-order chi connectivity index (χ0) is 25.7. The molecule has 2 atom stereocenters. The van der Waals surface area contributed by atoms with Gasteiger partial charge in [-0.2, -0.15) is 9.61 Å². The number of amides is 1. The number of nitrogen functional groups attached to an aromatic ring is 1. The first-order chi connectivity index (χ1) is 18.0. The number of nitrogens with two attached hydrogens (primary N) is 1. The Balaban J connectivity index is 1.43. The normalized spacial score (nSPS) is 19.0. The maximum absolute atomic E-state index is 12.8. The van der Waals surface area contributed by atoms with Crippen LogP contribution in [0.2, 0.25) is 0 Å². The highest BCUT2D eigenvalue weighted by Crippen LogP contribution is 2.39. The molecular formula is C28H29N7O2. The number of carbonyl (C=O) groups is 2. The molecule has 4 aromatic rings. The molecule has 2 fully saturated rings. The third-order valence-corrected chi connectivity index (χ3v) is 7.54. The standard InChI is InChI=1S/C28H29N7O2/c1-3-24(37)33-15-20-10-11-21(16-33)34(20)28-25(17(2)36)26(29)35-27(32-28)22(14-31-35)19-9-12-23(30-13-19)18-7-5-4-6-8-18/h4-9,12-14,20-21H,3,10-11,15-16,29H2,1-2H3. The average Bonchev–Trinajstić information content (AvgIpc) is 3.46. The van der Waals surface area contributed by atoms with Crippen LogP contribution < -0.4 is 10.6 Å². The molecule has 0 radical (unpaired) electrons. The number of piperazine rings is 1. The molecule has 1 aromatic carbocycles. The third-order valence-electron chi connectivity index (χ3n) is 7.54. The summed E-state index contributed by atoms with van der Waals surface area (Å²) in [6, 6.07) is 14.2. The second kappa shape index (κ2) is 8.99. The summed E-state index contributed by atoms with van der Waals surface area (Å²) in [5, 5.41) is 4.48. The monoisotopic (exact) mass is 495 g/mol. The van der Waals surface area contributed by atoms with Gasteiger partial charge in [-0.1, -0.05) is 43.3 Å². The van der Waals surface area contributed by atoms with Crippen LogP contribution in [-0.2, 0) is 4.79 Å². The number of rotatable bonds is 5. The number of nitrogens with zero attached hydrogens (tertiary/aromatic N) is 6. The zero-order valence-corrected chi connectivity index (χ0v) is 21.0. The van der Waals surface area contributed by atoms with Gasteiger partial charge in [0.05, 0.1) is 11.9 Å². The first-order valence-electron chi connectivity index (χ1n) is 12.7. The van der Waals surface area contributed by atoms with Gasteiger partial charge in [-0.15, -0.1) is 0 Å². The molecule has 2 aliphatic rings. The van der Waals surface area contributed by atoms with Gasteiger partial charge in [0, 0.05) is 54.5 Å². The molecule has 9 heteroatoms. The lowest BCUT2D eigenvalue weighted by Gasteiger charge is -2.42. The van der Waals surface area contributed by atoms with Crippen molar-refractivity contribution in [1.82, 2.24) is 24.5 Å². The molecule has 2 N–H and O–H groups in total. The van der Waals surface area contributed by atoms with E-state index in [4.69, 9.17) is 10.7 Å². The number of hydrogen-bond donors (Lipinski definition) is 1. The van der Waals surface area contributed by atoms with E-state index in [-0.39, 0.29) is 29.6 Å². The van der Waals surface area contributed by atoms with Gasteiger partial charge < -0.3 is 15.5 Å². The van der Waals surface area contributed by atoms with Crippen LogP contribution in [0.1, 0.15) is 43.5 Å².